The van der Waals surface area contributed by atoms with Gasteiger partial charge in [0.2, 0.25) is 10.0 Å². The number of hydrogen-bond acceptors (Lipinski definition) is 7. The van der Waals surface area contributed by atoms with Crippen LogP contribution in [0.3, 0.4) is 0 Å². The number of fused-ring (bicyclic) bond motifs is 1. The molecule has 0 spiro atoms. The summed E-state index contributed by atoms with van der Waals surface area (Å²) in [6.45, 7) is 4.56. The molecule has 46 heavy (non-hydrogen) atoms. The van der Waals surface area contributed by atoms with Gasteiger partial charge in [0.05, 0.1) is 18.1 Å². The van der Waals surface area contributed by atoms with Crippen LogP contribution in [0.1, 0.15) is 78.1 Å². The number of hydrogen-bond donors (Lipinski definition) is 1. The van der Waals surface area contributed by atoms with Crippen LogP contribution >= 0.6 is 23.2 Å². The van der Waals surface area contributed by atoms with E-state index in [9.17, 15) is 18.0 Å². The number of carbonyl (C=O) groups is 2. The number of halogens is 2. The van der Waals surface area contributed by atoms with Crippen LogP contribution in [0.4, 0.5) is 0 Å². The summed E-state index contributed by atoms with van der Waals surface area (Å²) in [5.74, 6) is -0.532. The third-order valence-electron chi connectivity index (χ3n) is 9.52. The molecule has 0 bridgehead atoms. The molecule has 1 N–H and O–H groups in total. The topological polar surface area (TPSA) is 108 Å². The Kier molecular flexibility index (Phi) is 13.5. The zero-order chi connectivity index (χ0) is 33.3. The molecule has 6 atom stereocenters. The van der Waals surface area contributed by atoms with Gasteiger partial charge in [-0.05, 0) is 106 Å². The minimum atomic E-state index is -3.81. The molecule has 2 aliphatic carbocycles. The Labute approximate surface area is 284 Å². The van der Waals surface area contributed by atoms with Crippen molar-refractivity contribution in [3.05, 3.63) is 64.2 Å². The van der Waals surface area contributed by atoms with Crippen molar-refractivity contribution in [1.82, 2.24) is 4.72 Å². The summed E-state index contributed by atoms with van der Waals surface area (Å²) in [5, 5.41) is 1.12. The highest BCUT2D eigenvalue weighted by Gasteiger charge is 2.57. The van der Waals surface area contributed by atoms with Crippen LogP contribution in [0.25, 0.3) is 0 Å². The Balaban J connectivity index is 1.61. The predicted molar refractivity (Wildman–Crippen MR) is 180 cm³/mol. The van der Waals surface area contributed by atoms with E-state index in [1.807, 2.05) is 19.1 Å². The molecule has 254 valence electrons. The fourth-order valence-corrected chi connectivity index (χ4v) is 8.32. The number of ketones is 1. The van der Waals surface area contributed by atoms with Gasteiger partial charge in [-0.2, -0.15) is 0 Å². The van der Waals surface area contributed by atoms with E-state index in [4.69, 9.17) is 37.4 Å². The standard InChI is InChI=1S/C35H47Cl2NO7S/c1-24(11-12-25(2)36)31(39)18-17-29-30-20-26(8-4-5-9-33(40)43-3)21-35(30,22-32(29)45-34-10-6-7-19-44-34)23-38-46(41,42)28-15-13-27(37)14-16-28/h8,12-18,24,29-30,32,34,38H,4-7,9-11,19-23H2,1-3H3/t24?,29-,30-,32-,34?,35+/m1/s1. The van der Waals surface area contributed by atoms with Gasteiger partial charge in [-0.1, -0.05) is 53.9 Å². The highest BCUT2D eigenvalue weighted by molar-refractivity contribution is 7.89. The quantitative estimate of drug-likeness (QED) is 0.0876. The lowest BCUT2D eigenvalue weighted by Gasteiger charge is -2.30. The fraction of sp³-hybridized carbons (Fsp3) is 0.600. The fourth-order valence-electron chi connectivity index (χ4n) is 6.97. The van der Waals surface area contributed by atoms with E-state index < -0.39 is 15.4 Å². The smallest absolute Gasteiger partial charge is 0.305 e. The minimum Gasteiger partial charge on any atom is -0.469 e. The number of nitrogens with one attached hydrogen (secondary N) is 1. The summed E-state index contributed by atoms with van der Waals surface area (Å²) < 4.78 is 47.1. The SMILES string of the molecule is COC(=O)CCCC=C1C[C@@H]2[C@@H](C=CC(=O)C(C)CC=C(C)Cl)[C@H](OC3CCCCO3)C[C@]2(CNS(=O)(=O)c2ccc(Cl)cc2)C1. The van der Waals surface area contributed by atoms with Gasteiger partial charge in [0.25, 0.3) is 0 Å². The number of methoxy groups -OCH3 is 1. The molecule has 0 aromatic heterocycles. The predicted octanol–water partition coefficient (Wildman–Crippen LogP) is 7.51. The van der Waals surface area contributed by atoms with Crippen LogP contribution in [0, 0.1) is 23.2 Å². The highest BCUT2D eigenvalue weighted by atomic mass is 35.5. The van der Waals surface area contributed by atoms with Crippen molar-refractivity contribution in [3.63, 3.8) is 0 Å². The van der Waals surface area contributed by atoms with E-state index >= 15 is 0 Å². The maximum absolute atomic E-state index is 13.4. The van der Waals surface area contributed by atoms with Gasteiger partial charge in [0.1, 0.15) is 0 Å². The Morgan fingerprint density at radius 3 is 2.65 bits per heavy atom. The summed E-state index contributed by atoms with van der Waals surface area (Å²) in [6, 6.07) is 6.13. The lowest BCUT2D eigenvalue weighted by Crippen LogP contribution is -2.38. The van der Waals surface area contributed by atoms with Crippen LogP contribution in [0.2, 0.25) is 5.02 Å². The maximum Gasteiger partial charge on any atom is 0.305 e. The van der Waals surface area contributed by atoms with E-state index in [-0.39, 0.29) is 53.3 Å². The first-order valence-corrected chi connectivity index (χ1v) is 18.5. The van der Waals surface area contributed by atoms with E-state index in [2.05, 4.69) is 10.8 Å². The first-order chi connectivity index (χ1) is 21.9. The molecular formula is C35H47Cl2NO7S. The second kappa shape index (κ2) is 16.9. The molecule has 0 amide bonds. The molecule has 2 unspecified atom stereocenters. The van der Waals surface area contributed by atoms with E-state index in [1.165, 1.54) is 24.8 Å². The van der Waals surface area contributed by atoms with Gasteiger partial charge in [0.15, 0.2) is 12.1 Å². The zero-order valence-electron chi connectivity index (χ0n) is 27.0. The summed E-state index contributed by atoms with van der Waals surface area (Å²) in [6.07, 6.45) is 14.3. The molecule has 1 aromatic rings. The average molecular weight is 697 g/mol. The van der Waals surface area contributed by atoms with Crippen molar-refractivity contribution in [2.75, 3.05) is 20.3 Å². The van der Waals surface area contributed by atoms with Gasteiger partial charge < -0.3 is 14.2 Å². The van der Waals surface area contributed by atoms with Gasteiger partial charge >= 0.3 is 5.97 Å². The Morgan fingerprint density at radius 1 is 1.22 bits per heavy atom. The molecular weight excluding hydrogens is 649 g/mol. The highest BCUT2D eigenvalue weighted by Crippen LogP contribution is 2.60. The molecule has 1 saturated heterocycles. The van der Waals surface area contributed by atoms with Crippen molar-refractivity contribution in [3.8, 4) is 0 Å². The number of esters is 1. The first-order valence-electron chi connectivity index (χ1n) is 16.2. The third kappa shape index (κ3) is 10.0. The second-order valence-corrected chi connectivity index (χ2v) is 15.7. The Hall–Kier alpha value is -2.01. The van der Waals surface area contributed by atoms with Crippen molar-refractivity contribution < 1.29 is 32.2 Å². The molecule has 4 rings (SSSR count). The van der Waals surface area contributed by atoms with Crippen LogP contribution in [-0.2, 0) is 33.8 Å². The average Bonchev–Trinajstić information content (AvgIpc) is 3.52. The van der Waals surface area contributed by atoms with E-state index in [0.29, 0.717) is 48.8 Å². The maximum atomic E-state index is 13.4. The Bertz CT molecular complexity index is 1400. The lowest BCUT2D eigenvalue weighted by molar-refractivity contribution is -0.193. The van der Waals surface area contributed by atoms with E-state index in [0.717, 1.165) is 32.1 Å². The number of unbranched alkanes of at least 4 members (excludes halogenated alkanes) is 1. The first kappa shape index (κ1) is 36.8. The third-order valence-corrected chi connectivity index (χ3v) is 11.3. The summed E-state index contributed by atoms with van der Waals surface area (Å²) in [5.41, 5.74) is 0.795. The van der Waals surface area contributed by atoms with Gasteiger partial charge in [-0.15, -0.1) is 0 Å². The van der Waals surface area contributed by atoms with Crippen LogP contribution < -0.4 is 4.72 Å². The molecule has 1 aliphatic heterocycles. The Morgan fingerprint density at radius 2 is 1.98 bits per heavy atom. The molecule has 1 heterocycles. The van der Waals surface area contributed by atoms with Crippen molar-refractivity contribution in [2.24, 2.45) is 23.2 Å². The molecule has 3 aliphatic rings. The normalized spacial score (nSPS) is 28.5. The molecule has 8 nitrogen and oxygen atoms in total. The van der Waals surface area contributed by atoms with Crippen molar-refractivity contribution in [2.45, 2.75) is 95.3 Å². The van der Waals surface area contributed by atoms with Gasteiger partial charge in [-0.3, -0.25) is 9.59 Å². The summed E-state index contributed by atoms with van der Waals surface area (Å²) in [7, 11) is -2.42. The second-order valence-electron chi connectivity index (χ2n) is 12.9. The number of ether oxygens (including phenoxy) is 3. The van der Waals surface area contributed by atoms with Crippen LogP contribution in [0.15, 0.2) is 64.1 Å². The number of allylic oxidation sites excluding steroid dienone is 5. The summed E-state index contributed by atoms with van der Waals surface area (Å²) in [4.78, 5) is 25.0. The van der Waals surface area contributed by atoms with Crippen LogP contribution in [0.5, 0.6) is 0 Å². The molecule has 11 heteroatoms. The number of carbonyl (C=O) groups excluding carboxylic acids is 2. The van der Waals surface area contributed by atoms with Gasteiger partial charge in [-0.25, -0.2) is 13.1 Å². The van der Waals surface area contributed by atoms with Crippen molar-refractivity contribution in [1.29, 1.82) is 0 Å². The molecule has 0 radical (unpaired) electrons. The van der Waals surface area contributed by atoms with E-state index in [1.54, 1.807) is 25.1 Å². The number of sulfonamides is 1. The molecule has 2 saturated carbocycles. The van der Waals surface area contributed by atoms with Crippen LogP contribution in [-0.4, -0.2) is 52.8 Å². The monoisotopic (exact) mass is 695 g/mol. The number of rotatable bonds is 15. The van der Waals surface area contributed by atoms with Gasteiger partial charge in [0, 0.05) is 41.5 Å². The molecule has 1 aromatic carbocycles. The summed E-state index contributed by atoms with van der Waals surface area (Å²) >= 11 is 12.0. The van der Waals surface area contributed by atoms with Crippen molar-refractivity contribution >= 4 is 45.0 Å². The molecule has 3 fully saturated rings. The largest absolute Gasteiger partial charge is 0.469 e. The number of benzene rings is 1. The lowest BCUT2D eigenvalue weighted by atomic mass is 9.78. The minimum absolute atomic E-state index is 0.0133. The zero-order valence-corrected chi connectivity index (χ0v) is 29.3.